The van der Waals surface area contributed by atoms with Crippen LogP contribution in [-0.2, 0) is 4.79 Å². The Morgan fingerprint density at radius 3 is 2.60 bits per heavy atom. The van der Waals surface area contributed by atoms with Crippen LogP contribution in [0.15, 0.2) is 57.5 Å². The number of para-hydroxylation sites is 1. The molecule has 2 aromatic carbocycles. The number of anilines is 2. The van der Waals surface area contributed by atoms with Gasteiger partial charge in [0.25, 0.3) is 0 Å². The molecule has 0 atom stereocenters. The molecule has 0 bridgehead atoms. The average Bonchev–Trinajstić information content (AvgIpc) is 2.41. The van der Waals surface area contributed by atoms with Gasteiger partial charge in [0.1, 0.15) is 0 Å². The van der Waals surface area contributed by atoms with Crippen LogP contribution in [0.25, 0.3) is 0 Å². The molecule has 0 aliphatic heterocycles. The van der Waals surface area contributed by atoms with Crippen molar-refractivity contribution in [1.82, 2.24) is 0 Å². The number of hydrogen-bond donors (Lipinski definition) is 2. The molecular formula is C15H14Br2N2O. The molecule has 0 saturated heterocycles. The highest BCUT2D eigenvalue weighted by atomic mass is 79.9. The lowest BCUT2D eigenvalue weighted by molar-refractivity contribution is -0.115. The summed E-state index contributed by atoms with van der Waals surface area (Å²) in [5.41, 5.74) is 1.79. The highest BCUT2D eigenvalue weighted by molar-refractivity contribution is 9.10. The van der Waals surface area contributed by atoms with Gasteiger partial charge in [-0.2, -0.15) is 0 Å². The molecule has 0 aliphatic carbocycles. The summed E-state index contributed by atoms with van der Waals surface area (Å²) in [5.74, 6) is -0.0114. The van der Waals surface area contributed by atoms with Gasteiger partial charge in [-0.15, -0.1) is 0 Å². The molecule has 0 aliphatic rings. The second-order valence-corrected chi connectivity index (χ2v) is 5.99. The first kappa shape index (κ1) is 15.1. The normalized spacial score (nSPS) is 10.1. The van der Waals surface area contributed by atoms with Gasteiger partial charge in [0.05, 0.1) is 0 Å². The third kappa shape index (κ3) is 4.65. The first-order valence-electron chi connectivity index (χ1n) is 6.19. The van der Waals surface area contributed by atoms with E-state index in [4.69, 9.17) is 0 Å². The molecular weight excluding hydrogens is 384 g/mol. The van der Waals surface area contributed by atoms with E-state index >= 15 is 0 Å². The third-order valence-corrected chi connectivity index (χ3v) is 3.83. The van der Waals surface area contributed by atoms with Crippen LogP contribution in [0.4, 0.5) is 11.4 Å². The predicted octanol–water partition coefficient (Wildman–Crippen LogP) is 4.65. The van der Waals surface area contributed by atoms with Crippen LogP contribution in [0.3, 0.4) is 0 Å². The molecule has 0 heterocycles. The van der Waals surface area contributed by atoms with Gasteiger partial charge in [-0.25, -0.2) is 0 Å². The Bertz CT molecular complexity index is 602. The van der Waals surface area contributed by atoms with Gasteiger partial charge in [0.15, 0.2) is 0 Å². The quantitative estimate of drug-likeness (QED) is 0.770. The molecule has 1 amide bonds. The fraction of sp³-hybridized carbons (Fsp3) is 0.133. The number of nitrogens with one attached hydrogen (secondary N) is 2. The van der Waals surface area contributed by atoms with E-state index < -0.39 is 0 Å². The molecule has 0 saturated carbocycles. The van der Waals surface area contributed by atoms with Gasteiger partial charge in [0, 0.05) is 33.3 Å². The molecule has 5 heteroatoms. The van der Waals surface area contributed by atoms with Crippen LogP contribution in [0, 0.1) is 0 Å². The van der Waals surface area contributed by atoms with Crippen LogP contribution in [0.1, 0.15) is 6.42 Å². The van der Waals surface area contributed by atoms with Crippen molar-refractivity contribution in [3.63, 3.8) is 0 Å². The fourth-order valence-corrected chi connectivity index (χ4v) is 2.53. The lowest BCUT2D eigenvalue weighted by Crippen LogP contribution is -2.16. The van der Waals surface area contributed by atoms with Gasteiger partial charge in [0.2, 0.25) is 5.91 Å². The van der Waals surface area contributed by atoms with Gasteiger partial charge in [-0.3, -0.25) is 4.79 Å². The van der Waals surface area contributed by atoms with Crippen molar-refractivity contribution < 1.29 is 4.79 Å². The Hall–Kier alpha value is -1.33. The summed E-state index contributed by atoms with van der Waals surface area (Å²) < 4.78 is 1.94. The Balaban J connectivity index is 1.80. The zero-order chi connectivity index (χ0) is 14.4. The lowest BCUT2D eigenvalue weighted by Gasteiger charge is -2.09. The Labute approximate surface area is 135 Å². The topological polar surface area (TPSA) is 41.1 Å². The van der Waals surface area contributed by atoms with Crippen molar-refractivity contribution in [3.8, 4) is 0 Å². The second kappa shape index (κ2) is 7.45. The maximum atomic E-state index is 11.8. The van der Waals surface area contributed by atoms with Crippen molar-refractivity contribution in [3.05, 3.63) is 57.5 Å². The van der Waals surface area contributed by atoms with Crippen molar-refractivity contribution in [2.45, 2.75) is 6.42 Å². The smallest absolute Gasteiger partial charge is 0.226 e. The Morgan fingerprint density at radius 1 is 1.05 bits per heavy atom. The summed E-state index contributed by atoms with van der Waals surface area (Å²) >= 11 is 6.83. The van der Waals surface area contributed by atoms with Gasteiger partial charge < -0.3 is 10.6 Å². The van der Waals surface area contributed by atoms with Crippen molar-refractivity contribution in [1.29, 1.82) is 0 Å². The number of rotatable bonds is 5. The molecule has 0 radical (unpaired) electrons. The van der Waals surface area contributed by atoms with E-state index in [1.165, 1.54) is 0 Å². The minimum atomic E-state index is -0.0114. The summed E-state index contributed by atoms with van der Waals surface area (Å²) in [5, 5.41) is 6.09. The van der Waals surface area contributed by atoms with Crippen LogP contribution < -0.4 is 10.6 Å². The molecule has 2 aromatic rings. The van der Waals surface area contributed by atoms with Crippen LogP contribution >= 0.6 is 31.9 Å². The first-order chi connectivity index (χ1) is 9.65. The largest absolute Gasteiger partial charge is 0.384 e. The van der Waals surface area contributed by atoms with E-state index in [0.717, 1.165) is 20.3 Å². The van der Waals surface area contributed by atoms with Crippen LogP contribution in [0.5, 0.6) is 0 Å². The number of halogens is 2. The first-order valence-corrected chi connectivity index (χ1v) is 7.77. The van der Waals surface area contributed by atoms with Crippen LogP contribution in [-0.4, -0.2) is 12.5 Å². The minimum absolute atomic E-state index is 0.0114. The molecule has 20 heavy (non-hydrogen) atoms. The number of benzene rings is 2. The number of carbonyl (C=O) groups excluding carboxylic acids is 1. The monoisotopic (exact) mass is 396 g/mol. The molecule has 2 N–H and O–H groups in total. The van der Waals surface area contributed by atoms with E-state index in [1.807, 2.05) is 48.5 Å². The number of amides is 1. The van der Waals surface area contributed by atoms with Gasteiger partial charge >= 0.3 is 0 Å². The van der Waals surface area contributed by atoms with E-state index in [0.29, 0.717) is 13.0 Å². The van der Waals surface area contributed by atoms with Gasteiger partial charge in [-0.05, 0) is 46.3 Å². The summed E-state index contributed by atoms with van der Waals surface area (Å²) in [6, 6.07) is 15.4. The van der Waals surface area contributed by atoms with E-state index in [-0.39, 0.29) is 5.91 Å². The maximum absolute atomic E-state index is 11.8. The SMILES string of the molecule is O=C(CCNc1ccccc1Br)Nc1cccc(Br)c1. The summed E-state index contributed by atoms with van der Waals surface area (Å²) in [4.78, 5) is 11.8. The highest BCUT2D eigenvalue weighted by Crippen LogP contribution is 2.21. The second-order valence-electron chi connectivity index (χ2n) is 4.22. The molecule has 0 fully saturated rings. The minimum Gasteiger partial charge on any atom is -0.384 e. The predicted molar refractivity (Wildman–Crippen MR) is 90.0 cm³/mol. The molecule has 3 nitrogen and oxygen atoms in total. The van der Waals surface area contributed by atoms with Crippen molar-refractivity contribution in [2.75, 3.05) is 17.2 Å². The van der Waals surface area contributed by atoms with E-state index in [1.54, 1.807) is 0 Å². The van der Waals surface area contributed by atoms with E-state index in [2.05, 4.69) is 42.5 Å². The number of hydrogen-bond acceptors (Lipinski definition) is 2. The molecule has 0 aromatic heterocycles. The summed E-state index contributed by atoms with van der Waals surface area (Å²) in [6.07, 6.45) is 0.411. The average molecular weight is 398 g/mol. The molecule has 104 valence electrons. The standard InChI is InChI=1S/C15H14Br2N2O/c16-11-4-3-5-12(10-11)19-15(20)8-9-18-14-7-2-1-6-13(14)17/h1-7,10,18H,8-9H2,(H,19,20). The lowest BCUT2D eigenvalue weighted by atomic mass is 10.3. The maximum Gasteiger partial charge on any atom is 0.226 e. The van der Waals surface area contributed by atoms with Crippen molar-refractivity contribution >= 4 is 49.1 Å². The molecule has 0 unspecified atom stereocenters. The van der Waals surface area contributed by atoms with Gasteiger partial charge in [-0.1, -0.05) is 34.1 Å². The van der Waals surface area contributed by atoms with Crippen LogP contribution in [0.2, 0.25) is 0 Å². The zero-order valence-corrected chi connectivity index (χ0v) is 13.9. The highest BCUT2D eigenvalue weighted by Gasteiger charge is 2.03. The Morgan fingerprint density at radius 2 is 1.85 bits per heavy atom. The van der Waals surface area contributed by atoms with Crippen molar-refractivity contribution in [2.24, 2.45) is 0 Å². The third-order valence-electron chi connectivity index (χ3n) is 2.65. The Kier molecular flexibility index (Phi) is 5.61. The molecule has 0 spiro atoms. The zero-order valence-electron chi connectivity index (χ0n) is 10.7. The summed E-state index contributed by atoms with van der Waals surface area (Å²) in [7, 11) is 0. The fourth-order valence-electron chi connectivity index (χ4n) is 1.70. The van der Waals surface area contributed by atoms with E-state index in [9.17, 15) is 4.79 Å². The number of carbonyl (C=O) groups is 1. The molecule has 2 rings (SSSR count). The summed E-state index contributed by atoms with van der Waals surface area (Å²) in [6.45, 7) is 0.586.